The van der Waals surface area contributed by atoms with Crippen LogP contribution in [-0.4, -0.2) is 32.5 Å². The second-order valence-electron chi connectivity index (χ2n) is 3.18. The molecular weight excluding hydrogens is 200 g/mol. The van der Waals surface area contributed by atoms with E-state index in [1.54, 1.807) is 0 Å². The fraction of sp³-hybridized carbons (Fsp3) is 0.444. The summed E-state index contributed by atoms with van der Waals surface area (Å²) in [4.78, 5) is 14.2. The molecular formula is C9H12N2O2S. The summed E-state index contributed by atoms with van der Waals surface area (Å²) in [6, 6.07) is 0. The van der Waals surface area contributed by atoms with E-state index >= 15 is 0 Å². The third-order valence-corrected chi connectivity index (χ3v) is 3.24. The lowest BCUT2D eigenvalue weighted by Crippen LogP contribution is -2.28. The second-order valence-corrected chi connectivity index (χ2v) is 4.06. The number of Topliss-reactive ketones (excluding diaryl/α,β-unsaturated/α-hetero) is 1. The molecule has 0 radical (unpaired) electrons. The van der Waals surface area contributed by atoms with Gasteiger partial charge in [-0.25, -0.2) is 0 Å². The molecule has 0 unspecified atom stereocenters. The Labute approximate surface area is 86.3 Å². The van der Waals surface area contributed by atoms with Gasteiger partial charge in [-0.05, 0) is 0 Å². The number of ether oxygens (including phenoxy) is 1. The van der Waals surface area contributed by atoms with Crippen molar-refractivity contribution in [3.8, 4) is 5.75 Å². The number of ketones is 1. The van der Waals surface area contributed by atoms with Crippen molar-refractivity contribution >= 4 is 22.8 Å². The van der Waals surface area contributed by atoms with Gasteiger partial charge >= 0.3 is 0 Å². The van der Waals surface area contributed by atoms with Gasteiger partial charge in [0.1, 0.15) is 11.5 Å². The van der Waals surface area contributed by atoms with Gasteiger partial charge in [-0.3, -0.25) is 4.79 Å². The summed E-state index contributed by atoms with van der Waals surface area (Å²) in [5.74, 6) is 0.658. The van der Waals surface area contributed by atoms with Gasteiger partial charge in [0, 0.05) is 12.4 Å². The quantitative estimate of drug-likeness (QED) is 0.734. The van der Waals surface area contributed by atoms with Crippen LogP contribution in [0.5, 0.6) is 5.75 Å². The molecule has 2 N–H and O–H groups in total. The number of hydrogen-bond donors (Lipinski definition) is 1. The zero-order valence-corrected chi connectivity index (χ0v) is 8.76. The number of rotatable bonds is 2. The highest BCUT2D eigenvalue weighted by molar-refractivity contribution is 7.13. The van der Waals surface area contributed by atoms with E-state index < -0.39 is 0 Å². The molecule has 2 heterocycles. The molecule has 0 saturated heterocycles. The molecule has 0 amide bonds. The number of anilines is 1. The lowest BCUT2D eigenvalue weighted by molar-refractivity contribution is 0.100. The summed E-state index contributed by atoms with van der Waals surface area (Å²) in [5, 5.41) is 1.94. The first kappa shape index (κ1) is 9.48. The second kappa shape index (κ2) is 3.59. The minimum atomic E-state index is -0.0495. The molecule has 0 saturated carbocycles. The van der Waals surface area contributed by atoms with E-state index in [4.69, 9.17) is 10.5 Å². The van der Waals surface area contributed by atoms with Gasteiger partial charge in [-0.1, -0.05) is 0 Å². The maximum absolute atomic E-state index is 11.4. The number of nitrogens with zero attached hydrogens (tertiary/aromatic N) is 1. The lowest BCUT2D eigenvalue weighted by Gasteiger charge is -2.25. The van der Waals surface area contributed by atoms with Crippen LogP contribution in [0.2, 0.25) is 0 Å². The lowest BCUT2D eigenvalue weighted by atomic mass is 10.2. The van der Waals surface area contributed by atoms with Crippen LogP contribution in [0.1, 0.15) is 9.67 Å². The Morgan fingerprint density at radius 2 is 2.57 bits per heavy atom. The van der Waals surface area contributed by atoms with Gasteiger partial charge in [0.25, 0.3) is 0 Å². The zero-order chi connectivity index (χ0) is 10.1. The maximum Gasteiger partial charge on any atom is 0.190 e. The van der Waals surface area contributed by atoms with Crippen LogP contribution in [-0.2, 0) is 0 Å². The molecule has 4 nitrogen and oxygen atoms in total. The van der Waals surface area contributed by atoms with E-state index in [1.807, 2.05) is 12.4 Å². The molecule has 1 aromatic heterocycles. The van der Waals surface area contributed by atoms with Crippen molar-refractivity contribution < 1.29 is 9.53 Å². The Morgan fingerprint density at radius 1 is 1.79 bits per heavy atom. The Balaban J connectivity index is 2.40. The topological polar surface area (TPSA) is 55.6 Å². The first-order chi connectivity index (χ1) is 6.74. The van der Waals surface area contributed by atoms with Crippen LogP contribution in [0.15, 0.2) is 5.38 Å². The fourth-order valence-corrected chi connectivity index (χ4v) is 2.43. The maximum atomic E-state index is 11.4. The molecule has 0 aliphatic carbocycles. The zero-order valence-electron chi connectivity index (χ0n) is 7.95. The molecule has 1 aliphatic rings. The monoisotopic (exact) mass is 212 g/mol. The minimum Gasteiger partial charge on any atom is -0.488 e. The van der Waals surface area contributed by atoms with Crippen molar-refractivity contribution in [3.63, 3.8) is 0 Å². The van der Waals surface area contributed by atoms with Gasteiger partial charge in [-0.15, -0.1) is 11.3 Å². The molecule has 0 aromatic carbocycles. The Bertz CT molecular complexity index is 362. The van der Waals surface area contributed by atoms with E-state index in [0.29, 0.717) is 17.2 Å². The van der Waals surface area contributed by atoms with Crippen molar-refractivity contribution in [1.29, 1.82) is 0 Å². The van der Waals surface area contributed by atoms with Crippen molar-refractivity contribution in [2.75, 3.05) is 31.6 Å². The van der Waals surface area contributed by atoms with Gasteiger partial charge in [-0.2, -0.15) is 0 Å². The number of nitrogens with two attached hydrogens (primary N) is 1. The van der Waals surface area contributed by atoms with Gasteiger partial charge in [0.05, 0.1) is 18.8 Å². The van der Waals surface area contributed by atoms with Crippen LogP contribution < -0.4 is 15.4 Å². The summed E-state index contributed by atoms with van der Waals surface area (Å²) < 4.78 is 5.48. The third-order valence-electron chi connectivity index (χ3n) is 2.25. The first-order valence-electron chi connectivity index (χ1n) is 4.42. The van der Waals surface area contributed by atoms with Crippen molar-refractivity contribution in [3.05, 3.63) is 10.3 Å². The Hall–Kier alpha value is -1.07. The number of likely N-dealkylation sites (N-methyl/N-ethyl adjacent to an activating group) is 1. The average Bonchev–Trinajstić information content (AvgIpc) is 2.62. The number of fused-ring (bicyclic) bond motifs is 1. The summed E-state index contributed by atoms with van der Waals surface area (Å²) in [5.41, 5.74) is 6.32. The van der Waals surface area contributed by atoms with Crippen LogP contribution in [0.4, 0.5) is 5.69 Å². The number of hydrogen-bond acceptors (Lipinski definition) is 5. The average molecular weight is 212 g/mol. The van der Waals surface area contributed by atoms with Crippen LogP contribution in [0.3, 0.4) is 0 Å². The summed E-state index contributed by atoms with van der Waals surface area (Å²) in [6.07, 6.45) is 0. The molecule has 2 rings (SSSR count). The third kappa shape index (κ3) is 1.38. The highest BCUT2D eigenvalue weighted by Crippen LogP contribution is 2.39. The predicted octanol–water partition coefficient (Wildman–Crippen LogP) is 0.718. The molecule has 0 atom stereocenters. The molecule has 14 heavy (non-hydrogen) atoms. The fourth-order valence-electron chi connectivity index (χ4n) is 1.43. The van der Waals surface area contributed by atoms with Gasteiger partial charge < -0.3 is 15.4 Å². The normalized spacial score (nSPS) is 14.9. The summed E-state index contributed by atoms with van der Waals surface area (Å²) >= 11 is 1.41. The van der Waals surface area contributed by atoms with E-state index in [9.17, 15) is 4.79 Å². The molecule has 5 heteroatoms. The highest BCUT2D eigenvalue weighted by Gasteiger charge is 2.23. The molecule has 1 aliphatic heterocycles. The first-order valence-corrected chi connectivity index (χ1v) is 5.30. The highest BCUT2D eigenvalue weighted by atomic mass is 32.1. The largest absolute Gasteiger partial charge is 0.488 e. The number of carbonyl (C=O) groups is 1. The van der Waals surface area contributed by atoms with E-state index in [1.165, 1.54) is 11.3 Å². The summed E-state index contributed by atoms with van der Waals surface area (Å²) in [7, 11) is 1.99. The van der Waals surface area contributed by atoms with Crippen LogP contribution in [0.25, 0.3) is 0 Å². The Morgan fingerprint density at radius 3 is 3.29 bits per heavy atom. The summed E-state index contributed by atoms with van der Waals surface area (Å²) in [6.45, 7) is 1.53. The minimum absolute atomic E-state index is 0.0417. The molecule has 0 spiro atoms. The molecule has 1 aromatic rings. The molecule has 76 valence electrons. The predicted molar refractivity (Wildman–Crippen MR) is 56.5 cm³/mol. The number of carbonyl (C=O) groups excluding carboxylic acids is 1. The van der Waals surface area contributed by atoms with Crippen molar-refractivity contribution in [2.45, 2.75) is 0 Å². The van der Waals surface area contributed by atoms with E-state index in [-0.39, 0.29) is 12.3 Å². The number of thiophene rings is 1. The Kier molecular flexibility index (Phi) is 2.43. The van der Waals surface area contributed by atoms with Gasteiger partial charge in [0.15, 0.2) is 11.5 Å². The van der Waals surface area contributed by atoms with E-state index in [2.05, 4.69) is 4.90 Å². The molecule has 0 bridgehead atoms. The van der Waals surface area contributed by atoms with Crippen LogP contribution >= 0.6 is 11.3 Å². The van der Waals surface area contributed by atoms with E-state index in [0.717, 1.165) is 12.2 Å². The van der Waals surface area contributed by atoms with Crippen molar-refractivity contribution in [1.82, 2.24) is 0 Å². The van der Waals surface area contributed by atoms with Crippen LogP contribution in [0, 0.1) is 0 Å². The van der Waals surface area contributed by atoms with Crippen molar-refractivity contribution in [2.24, 2.45) is 5.73 Å². The standard InChI is InChI=1S/C9H12N2O2S/c1-11-2-3-13-8-6(11)5-14-9(8)7(12)4-10/h5H,2-4,10H2,1H3. The molecule has 0 fully saturated rings. The SMILES string of the molecule is CN1CCOc2c1csc2C(=O)CN. The van der Waals surface area contributed by atoms with Gasteiger partial charge in [0.2, 0.25) is 0 Å². The smallest absolute Gasteiger partial charge is 0.190 e.